The van der Waals surface area contributed by atoms with Gasteiger partial charge in [-0.3, -0.25) is 10.3 Å². The van der Waals surface area contributed by atoms with Gasteiger partial charge in [0.15, 0.2) is 0 Å². The first-order valence-electron chi connectivity index (χ1n) is 6.50. The predicted molar refractivity (Wildman–Crippen MR) is 84.2 cm³/mol. The molecular weight excluding hydrogens is 268 g/mol. The van der Waals surface area contributed by atoms with Crippen LogP contribution < -0.4 is 5.73 Å². The van der Waals surface area contributed by atoms with E-state index < -0.39 is 0 Å². The van der Waals surface area contributed by atoms with Gasteiger partial charge in [-0.25, -0.2) is 4.98 Å². The first-order chi connectivity index (χ1) is 9.45. The van der Waals surface area contributed by atoms with Gasteiger partial charge in [0, 0.05) is 17.0 Å². The van der Waals surface area contributed by atoms with Gasteiger partial charge in [0.2, 0.25) is 0 Å². The molecule has 0 aliphatic carbocycles. The number of nitrogens with zero attached hydrogens (tertiary/aromatic N) is 2. The van der Waals surface area contributed by atoms with Gasteiger partial charge in [0.25, 0.3) is 0 Å². The van der Waals surface area contributed by atoms with E-state index >= 15 is 0 Å². The van der Waals surface area contributed by atoms with E-state index in [2.05, 4.69) is 29.9 Å². The second-order valence-corrected chi connectivity index (χ2v) is 6.32. The Morgan fingerprint density at radius 3 is 2.70 bits per heavy atom. The molecule has 2 rings (SSSR count). The van der Waals surface area contributed by atoms with Crippen LogP contribution in [0.5, 0.6) is 0 Å². The lowest BCUT2D eigenvalue weighted by molar-refractivity contribution is 0.318. The lowest BCUT2D eigenvalue weighted by atomic mass is 10.1. The molecule has 0 bridgehead atoms. The Hall–Kier alpha value is -1.72. The van der Waals surface area contributed by atoms with Crippen LogP contribution in [0.15, 0.2) is 24.3 Å². The summed E-state index contributed by atoms with van der Waals surface area (Å²) in [5.74, 6) is 0.112. The molecule has 5 heteroatoms. The van der Waals surface area contributed by atoms with E-state index in [1.165, 1.54) is 4.88 Å². The quantitative estimate of drug-likeness (QED) is 0.656. The Bertz CT molecular complexity index is 599. The molecule has 0 aliphatic rings. The average Bonchev–Trinajstić information content (AvgIpc) is 2.68. The van der Waals surface area contributed by atoms with Gasteiger partial charge in [0.1, 0.15) is 10.8 Å². The van der Waals surface area contributed by atoms with E-state index in [0.717, 1.165) is 34.9 Å². The van der Waals surface area contributed by atoms with E-state index in [-0.39, 0.29) is 5.84 Å². The zero-order chi connectivity index (χ0) is 14.7. The van der Waals surface area contributed by atoms with Gasteiger partial charge in [0.05, 0.1) is 12.2 Å². The first kappa shape index (κ1) is 14.7. The Labute approximate surface area is 123 Å². The molecule has 0 radical (unpaired) electrons. The summed E-state index contributed by atoms with van der Waals surface area (Å²) in [6.07, 6.45) is 0. The third-order valence-corrected chi connectivity index (χ3v) is 4.23. The van der Waals surface area contributed by atoms with Gasteiger partial charge in [-0.15, -0.1) is 11.3 Å². The number of amidine groups is 1. The normalized spacial score (nSPS) is 11.0. The van der Waals surface area contributed by atoms with Crippen LogP contribution in [0.25, 0.3) is 0 Å². The highest BCUT2D eigenvalue weighted by Gasteiger charge is 2.08. The number of aromatic nitrogens is 1. The van der Waals surface area contributed by atoms with Crippen LogP contribution in [0, 0.1) is 19.3 Å². The second kappa shape index (κ2) is 6.15. The summed E-state index contributed by atoms with van der Waals surface area (Å²) in [6, 6.07) is 7.83. The molecule has 20 heavy (non-hydrogen) atoms. The molecule has 1 aromatic heterocycles. The number of aryl methyl sites for hydroxylation is 2. The highest BCUT2D eigenvalue weighted by molar-refractivity contribution is 7.11. The Balaban J connectivity index is 2.02. The van der Waals surface area contributed by atoms with E-state index in [0.29, 0.717) is 0 Å². The third-order valence-electron chi connectivity index (χ3n) is 3.17. The summed E-state index contributed by atoms with van der Waals surface area (Å²) < 4.78 is 0. The number of rotatable bonds is 5. The van der Waals surface area contributed by atoms with Crippen LogP contribution in [-0.4, -0.2) is 22.8 Å². The van der Waals surface area contributed by atoms with Crippen molar-refractivity contribution in [2.24, 2.45) is 5.73 Å². The molecule has 2 aromatic rings. The van der Waals surface area contributed by atoms with E-state index in [9.17, 15) is 0 Å². The molecule has 1 aromatic carbocycles. The van der Waals surface area contributed by atoms with Crippen LogP contribution in [0.4, 0.5) is 0 Å². The summed E-state index contributed by atoms with van der Waals surface area (Å²) in [5, 5.41) is 8.62. The maximum atomic E-state index is 7.48. The first-order valence-corrected chi connectivity index (χ1v) is 7.32. The van der Waals surface area contributed by atoms with Crippen molar-refractivity contribution in [3.63, 3.8) is 0 Å². The maximum Gasteiger partial charge on any atom is 0.122 e. The molecule has 0 saturated heterocycles. The Morgan fingerprint density at radius 2 is 2.10 bits per heavy atom. The fourth-order valence-electron chi connectivity index (χ4n) is 2.04. The minimum Gasteiger partial charge on any atom is -0.384 e. The molecule has 0 saturated carbocycles. The molecule has 3 N–H and O–H groups in total. The van der Waals surface area contributed by atoms with Crippen molar-refractivity contribution < 1.29 is 0 Å². The Morgan fingerprint density at radius 1 is 1.35 bits per heavy atom. The SMILES string of the molecule is Cc1nc(CN(C)Cc2cccc(C(=N)N)c2)sc1C. The standard InChI is InChI=1S/C15H20N4S/c1-10-11(2)20-14(18-10)9-19(3)8-12-5-4-6-13(7-12)15(16)17/h4-7H,8-9H2,1-3H3,(H3,16,17). The molecular formula is C15H20N4S. The summed E-state index contributed by atoms with van der Waals surface area (Å²) in [4.78, 5) is 8.06. The number of nitrogens with two attached hydrogens (primary N) is 1. The zero-order valence-electron chi connectivity index (χ0n) is 12.1. The van der Waals surface area contributed by atoms with Crippen LogP contribution in [0.1, 0.15) is 26.7 Å². The van der Waals surface area contributed by atoms with Crippen molar-refractivity contribution in [1.82, 2.24) is 9.88 Å². The van der Waals surface area contributed by atoms with Gasteiger partial charge < -0.3 is 5.73 Å². The second-order valence-electron chi connectivity index (χ2n) is 5.04. The van der Waals surface area contributed by atoms with Crippen molar-refractivity contribution >= 4 is 17.2 Å². The molecule has 106 valence electrons. The number of thiazole rings is 1. The average molecular weight is 288 g/mol. The largest absolute Gasteiger partial charge is 0.384 e. The number of hydrogen-bond acceptors (Lipinski definition) is 4. The number of nitrogens with one attached hydrogen (secondary N) is 1. The molecule has 0 amide bonds. The van der Waals surface area contributed by atoms with Crippen molar-refractivity contribution in [3.05, 3.63) is 51.0 Å². The third kappa shape index (κ3) is 3.65. The van der Waals surface area contributed by atoms with Crippen molar-refractivity contribution in [1.29, 1.82) is 5.41 Å². The number of benzene rings is 1. The minimum absolute atomic E-state index is 0.112. The molecule has 0 fully saturated rings. The summed E-state index contributed by atoms with van der Waals surface area (Å²) in [6.45, 7) is 5.81. The monoisotopic (exact) mass is 288 g/mol. The topological polar surface area (TPSA) is 66.0 Å². The smallest absolute Gasteiger partial charge is 0.122 e. The molecule has 0 spiro atoms. The van der Waals surface area contributed by atoms with E-state index in [1.54, 1.807) is 11.3 Å². The van der Waals surface area contributed by atoms with Crippen LogP contribution in [-0.2, 0) is 13.1 Å². The molecule has 0 aliphatic heterocycles. The zero-order valence-corrected chi connectivity index (χ0v) is 12.9. The van der Waals surface area contributed by atoms with Crippen molar-refractivity contribution in [2.45, 2.75) is 26.9 Å². The predicted octanol–water partition coefficient (Wildman–Crippen LogP) is 2.68. The van der Waals surface area contributed by atoms with Crippen molar-refractivity contribution in [2.75, 3.05) is 7.05 Å². The van der Waals surface area contributed by atoms with Crippen molar-refractivity contribution in [3.8, 4) is 0 Å². The van der Waals surface area contributed by atoms with Gasteiger partial charge in [-0.1, -0.05) is 18.2 Å². The number of nitrogen functional groups attached to an aromatic ring is 1. The molecule has 4 nitrogen and oxygen atoms in total. The molecule has 1 heterocycles. The fourth-order valence-corrected chi connectivity index (χ4v) is 3.06. The maximum absolute atomic E-state index is 7.48. The van der Waals surface area contributed by atoms with Gasteiger partial charge >= 0.3 is 0 Å². The summed E-state index contributed by atoms with van der Waals surface area (Å²) >= 11 is 1.75. The Kier molecular flexibility index (Phi) is 4.52. The van der Waals surface area contributed by atoms with Crippen LogP contribution >= 0.6 is 11.3 Å². The molecule has 0 unspecified atom stereocenters. The highest BCUT2D eigenvalue weighted by atomic mass is 32.1. The van der Waals surface area contributed by atoms with Gasteiger partial charge in [-0.05, 0) is 32.5 Å². The summed E-state index contributed by atoms with van der Waals surface area (Å²) in [7, 11) is 2.08. The number of hydrogen-bond donors (Lipinski definition) is 2. The fraction of sp³-hybridized carbons (Fsp3) is 0.333. The lowest BCUT2D eigenvalue weighted by Crippen LogP contribution is -2.18. The van der Waals surface area contributed by atoms with E-state index in [4.69, 9.17) is 11.1 Å². The molecule has 0 atom stereocenters. The van der Waals surface area contributed by atoms with E-state index in [1.807, 2.05) is 25.1 Å². The minimum atomic E-state index is 0.112. The van der Waals surface area contributed by atoms with Crippen LogP contribution in [0.2, 0.25) is 0 Å². The van der Waals surface area contributed by atoms with Gasteiger partial charge in [-0.2, -0.15) is 0 Å². The lowest BCUT2D eigenvalue weighted by Gasteiger charge is -2.15. The summed E-state index contributed by atoms with van der Waals surface area (Å²) in [5.41, 5.74) is 8.57. The van der Waals surface area contributed by atoms with Crippen LogP contribution in [0.3, 0.4) is 0 Å². The highest BCUT2D eigenvalue weighted by Crippen LogP contribution is 2.18.